The highest BCUT2D eigenvalue weighted by Crippen LogP contribution is 2.31. The Morgan fingerprint density at radius 3 is 2.54 bits per heavy atom. The number of fused-ring (bicyclic) bond motifs is 1. The van der Waals surface area contributed by atoms with Gasteiger partial charge in [-0.3, -0.25) is 9.59 Å². The molecule has 0 saturated heterocycles. The lowest BCUT2D eigenvalue weighted by Gasteiger charge is -2.15. The van der Waals surface area contributed by atoms with Crippen molar-refractivity contribution in [1.82, 2.24) is 0 Å². The molecular weight excluding hydrogens is 325 g/mol. The summed E-state index contributed by atoms with van der Waals surface area (Å²) in [6.07, 6.45) is 0.773. The highest BCUT2D eigenvalue weighted by molar-refractivity contribution is 8.00. The molecule has 0 aromatic heterocycles. The number of anilines is 1. The number of hydrogen-bond acceptors (Lipinski definition) is 3. The molecule has 5 heteroatoms. The van der Waals surface area contributed by atoms with Crippen molar-refractivity contribution < 1.29 is 14.0 Å². The molecule has 3 nitrogen and oxygen atoms in total. The van der Waals surface area contributed by atoms with Gasteiger partial charge in [-0.1, -0.05) is 0 Å². The van der Waals surface area contributed by atoms with E-state index in [1.807, 2.05) is 19.1 Å². The first-order chi connectivity index (χ1) is 11.5. The third kappa shape index (κ3) is 3.36. The van der Waals surface area contributed by atoms with E-state index in [-0.39, 0.29) is 22.8 Å². The maximum absolute atomic E-state index is 13.0. The molecule has 0 N–H and O–H groups in total. The molecule has 1 unspecified atom stereocenters. The average molecular weight is 343 g/mol. The van der Waals surface area contributed by atoms with Gasteiger partial charge in [-0.2, -0.15) is 0 Å². The minimum absolute atomic E-state index is 0.0214. The molecule has 1 heterocycles. The molecule has 0 aliphatic carbocycles. The van der Waals surface area contributed by atoms with E-state index >= 15 is 0 Å². The topological polar surface area (TPSA) is 37.4 Å². The average Bonchev–Trinajstić information content (AvgIpc) is 2.99. The van der Waals surface area contributed by atoms with Crippen molar-refractivity contribution >= 4 is 29.1 Å². The molecular formula is C19H18FNO2S. The number of Topliss-reactive ketones (excluding diaryl/α,β-unsaturated/α-hetero) is 1. The molecule has 0 bridgehead atoms. The summed E-state index contributed by atoms with van der Waals surface area (Å²) in [4.78, 5) is 26.8. The molecule has 0 saturated carbocycles. The maximum Gasteiger partial charge on any atom is 0.223 e. The van der Waals surface area contributed by atoms with E-state index in [1.54, 1.807) is 30.0 Å². The third-order valence-corrected chi connectivity index (χ3v) is 5.25. The van der Waals surface area contributed by atoms with Crippen LogP contribution in [0.4, 0.5) is 10.1 Å². The number of carbonyl (C=O) groups excluding carboxylic acids is 2. The minimum atomic E-state index is -0.285. The lowest BCUT2D eigenvalue weighted by Crippen LogP contribution is -2.25. The molecule has 24 heavy (non-hydrogen) atoms. The van der Waals surface area contributed by atoms with E-state index in [1.165, 1.54) is 23.9 Å². The summed E-state index contributed by atoms with van der Waals surface area (Å²) < 4.78 is 13.0. The number of thioether (sulfide) groups is 1. The molecule has 1 atom stereocenters. The van der Waals surface area contributed by atoms with E-state index in [4.69, 9.17) is 0 Å². The lowest BCUT2D eigenvalue weighted by molar-refractivity contribution is -0.116. The van der Waals surface area contributed by atoms with Crippen LogP contribution in [-0.2, 0) is 11.2 Å². The first-order valence-electron chi connectivity index (χ1n) is 7.83. The number of halogens is 1. The number of nitrogens with zero attached hydrogens (tertiary/aromatic N) is 1. The second-order valence-electron chi connectivity index (χ2n) is 5.84. The van der Waals surface area contributed by atoms with E-state index < -0.39 is 0 Å². The van der Waals surface area contributed by atoms with Crippen LogP contribution in [0.5, 0.6) is 0 Å². The van der Waals surface area contributed by atoms with Crippen LogP contribution in [0, 0.1) is 5.82 Å². The molecule has 124 valence electrons. The molecule has 2 aromatic carbocycles. The fraction of sp³-hybridized carbons (Fsp3) is 0.263. The minimum Gasteiger partial charge on any atom is -0.312 e. The quantitative estimate of drug-likeness (QED) is 0.620. The Morgan fingerprint density at radius 2 is 1.88 bits per heavy atom. The van der Waals surface area contributed by atoms with Gasteiger partial charge in [0.1, 0.15) is 5.82 Å². The lowest BCUT2D eigenvalue weighted by atomic mass is 10.0. The molecule has 2 aromatic rings. The molecule has 1 aliphatic rings. The highest BCUT2D eigenvalue weighted by Gasteiger charge is 2.24. The summed E-state index contributed by atoms with van der Waals surface area (Å²) >= 11 is 1.41. The summed E-state index contributed by atoms with van der Waals surface area (Å²) in [5.41, 5.74) is 2.59. The number of carbonyl (C=O) groups is 2. The van der Waals surface area contributed by atoms with Crippen LogP contribution >= 0.6 is 11.8 Å². The zero-order chi connectivity index (χ0) is 17.3. The normalized spacial score (nSPS) is 14.4. The van der Waals surface area contributed by atoms with Crippen LogP contribution in [0.3, 0.4) is 0 Å². The van der Waals surface area contributed by atoms with Gasteiger partial charge in [0.25, 0.3) is 0 Å². The number of benzene rings is 2. The van der Waals surface area contributed by atoms with E-state index in [9.17, 15) is 14.0 Å². The zero-order valence-electron chi connectivity index (χ0n) is 13.6. The largest absolute Gasteiger partial charge is 0.312 e. The zero-order valence-corrected chi connectivity index (χ0v) is 14.4. The summed E-state index contributed by atoms with van der Waals surface area (Å²) in [7, 11) is 0. The number of ketones is 1. The van der Waals surface area contributed by atoms with Gasteiger partial charge in [0.15, 0.2) is 5.78 Å². The summed E-state index contributed by atoms with van der Waals surface area (Å²) in [5, 5.41) is -0.265. The van der Waals surface area contributed by atoms with Gasteiger partial charge in [0.05, 0.1) is 5.25 Å². The second-order valence-corrected chi connectivity index (χ2v) is 7.26. The van der Waals surface area contributed by atoms with Gasteiger partial charge >= 0.3 is 0 Å². The van der Waals surface area contributed by atoms with E-state index in [0.717, 1.165) is 22.6 Å². The van der Waals surface area contributed by atoms with E-state index in [0.29, 0.717) is 12.1 Å². The monoisotopic (exact) mass is 343 g/mol. The predicted octanol–water partition coefficient (Wildman–Crippen LogP) is 4.10. The first-order valence-corrected chi connectivity index (χ1v) is 8.71. The van der Waals surface area contributed by atoms with Crippen molar-refractivity contribution in [2.24, 2.45) is 0 Å². The van der Waals surface area contributed by atoms with Crippen LogP contribution in [-0.4, -0.2) is 23.5 Å². The molecule has 0 radical (unpaired) electrons. The SMILES string of the molecule is CC(=O)N1CCc2cc(C(=O)C(C)Sc3ccc(F)cc3)ccc21. The first kappa shape index (κ1) is 16.7. The second kappa shape index (κ2) is 6.77. The van der Waals surface area contributed by atoms with Gasteiger partial charge in [-0.15, -0.1) is 11.8 Å². The van der Waals surface area contributed by atoms with Crippen molar-refractivity contribution in [2.45, 2.75) is 30.4 Å². The summed E-state index contributed by atoms with van der Waals surface area (Å²) in [6, 6.07) is 11.7. The van der Waals surface area contributed by atoms with Gasteiger partial charge in [0, 0.05) is 29.6 Å². The Bertz CT molecular complexity index is 788. The van der Waals surface area contributed by atoms with Crippen molar-refractivity contribution in [3.05, 3.63) is 59.4 Å². The van der Waals surface area contributed by atoms with Gasteiger partial charge < -0.3 is 4.90 Å². The Morgan fingerprint density at radius 1 is 1.17 bits per heavy atom. The standard InChI is InChI=1S/C19H18FNO2S/c1-12(24-17-6-4-16(20)5-7-17)19(23)15-3-8-18-14(11-15)9-10-21(18)13(2)22/h3-8,11-12H,9-10H2,1-2H3. The van der Waals surface area contributed by atoms with Gasteiger partial charge in [0.2, 0.25) is 5.91 Å². The number of amides is 1. The summed E-state index contributed by atoms with van der Waals surface area (Å²) in [6.45, 7) is 4.07. The molecule has 0 fully saturated rings. The van der Waals surface area contributed by atoms with Gasteiger partial charge in [-0.25, -0.2) is 4.39 Å². The third-order valence-electron chi connectivity index (χ3n) is 4.14. The number of rotatable bonds is 4. The van der Waals surface area contributed by atoms with Crippen molar-refractivity contribution in [3.63, 3.8) is 0 Å². The van der Waals surface area contributed by atoms with E-state index in [2.05, 4.69) is 0 Å². The van der Waals surface area contributed by atoms with Crippen molar-refractivity contribution in [1.29, 1.82) is 0 Å². The van der Waals surface area contributed by atoms with Crippen LogP contribution in [0.15, 0.2) is 47.4 Å². The molecule has 1 amide bonds. The Balaban J connectivity index is 1.75. The molecule has 1 aliphatic heterocycles. The Labute approximate surface area is 144 Å². The number of hydrogen-bond donors (Lipinski definition) is 0. The molecule has 0 spiro atoms. The Kier molecular flexibility index (Phi) is 4.71. The van der Waals surface area contributed by atoms with Crippen LogP contribution in [0.25, 0.3) is 0 Å². The van der Waals surface area contributed by atoms with Crippen molar-refractivity contribution in [2.75, 3.05) is 11.4 Å². The predicted molar refractivity (Wildman–Crippen MR) is 94.2 cm³/mol. The van der Waals surface area contributed by atoms with Crippen LogP contribution in [0.1, 0.15) is 29.8 Å². The van der Waals surface area contributed by atoms with Crippen molar-refractivity contribution in [3.8, 4) is 0 Å². The maximum atomic E-state index is 13.0. The smallest absolute Gasteiger partial charge is 0.223 e. The van der Waals surface area contributed by atoms with Crippen LogP contribution < -0.4 is 4.90 Å². The highest BCUT2D eigenvalue weighted by atomic mass is 32.2. The Hall–Kier alpha value is -2.14. The molecule has 3 rings (SSSR count). The fourth-order valence-electron chi connectivity index (χ4n) is 2.89. The van der Waals surface area contributed by atoms with Gasteiger partial charge in [-0.05, 0) is 61.4 Å². The summed E-state index contributed by atoms with van der Waals surface area (Å²) in [5.74, 6) is -0.228. The van der Waals surface area contributed by atoms with Crippen LogP contribution in [0.2, 0.25) is 0 Å². The fourth-order valence-corrected chi connectivity index (χ4v) is 3.83.